The largest absolute Gasteiger partial charge is 0.493 e. The molecule has 18 heavy (non-hydrogen) atoms. The molecule has 1 aromatic rings. The highest BCUT2D eigenvalue weighted by atomic mass is 32.2. The number of rotatable bonds is 3. The van der Waals surface area contributed by atoms with Gasteiger partial charge in [-0.05, 0) is 18.1 Å². The van der Waals surface area contributed by atoms with Crippen molar-refractivity contribution >= 4 is 10.0 Å². The molecule has 0 aromatic heterocycles. The third kappa shape index (κ3) is 2.81. The number of fused-ring (bicyclic) bond motifs is 1. The highest BCUT2D eigenvalue weighted by molar-refractivity contribution is 7.89. The van der Waals surface area contributed by atoms with E-state index in [2.05, 4.69) is 0 Å². The Morgan fingerprint density at radius 1 is 1.50 bits per heavy atom. The normalized spacial score (nSPS) is 23.3. The molecule has 1 aliphatic heterocycles. The number of sulfonamides is 1. The summed E-state index contributed by atoms with van der Waals surface area (Å²) in [5, 5.41) is 5.13. The first-order chi connectivity index (χ1) is 8.40. The molecule has 1 unspecified atom stereocenters. The maximum absolute atomic E-state index is 13.1. The van der Waals surface area contributed by atoms with Crippen LogP contribution in [0, 0.1) is 11.7 Å². The number of nitrogens with two attached hydrogens (primary N) is 1. The monoisotopic (exact) mass is 273 g/mol. The SMILES string of the molecule is CCC1COc2cc(F)ccc2[C@H]1CS(N)(=O)=O. The van der Waals surface area contributed by atoms with E-state index in [0.717, 1.165) is 12.0 Å². The molecule has 100 valence electrons. The van der Waals surface area contributed by atoms with Gasteiger partial charge in [0.1, 0.15) is 11.6 Å². The van der Waals surface area contributed by atoms with E-state index < -0.39 is 15.8 Å². The van der Waals surface area contributed by atoms with Crippen molar-refractivity contribution in [3.63, 3.8) is 0 Å². The molecule has 1 aromatic carbocycles. The van der Waals surface area contributed by atoms with Crippen LogP contribution in [0.2, 0.25) is 0 Å². The number of halogens is 1. The van der Waals surface area contributed by atoms with Gasteiger partial charge in [0.15, 0.2) is 0 Å². The molecule has 6 heteroatoms. The first-order valence-corrected chi connectivity index (χ1v) is 7.55. The van der Waals surface area contributed by atoms with E-state index in [-0.39, 0.29) is 17.6 Å². The Kier molecular flexibility index (Phi) is 3.59. The quantitative estimate of drug-likeness (QED) is 0.909. The lowest BCUT2D eigenvalue weighted by Crippen LogP contribution is -2.32. The van der Waals surface area contributed by atoms with E-state index in [1.165, 1.54) is 12.1 Å². The van der Waals surface area contributed by atoms with E-state index in [4.69, 9.17) is 9.88 Å². The average molecular weight is 273 g/mol. The van der Waals surface area contributed by atoms with Crippen molar-refractivity contribution in [1.29, 1.82) is 0 Å². The molecule has 4 nitrogen and oxygen atoms in total. The summed E-state index contributed by atoms with van der Waals surface area (Å²) >= 11 is 0. The molecule has 0 saturated carbocycles. The molecule has 0 amide bonds. The van der Waals surface area contributed by atoms with Crippen LogP contribution in [0.15, 0.2) is 18.2 Å². The predicted octanol–water partition coefficient (Wildman–Crippen LogP) is 1.62. The van der Waals surface area contributed by atoms with Crippen molar-refractivity contribution in [2.24, 2.45) is 11.1 Å². The van der Waals surface area contributed by atoms with E-state index >= 15 is 0 Å². The fraction of sp³-hybridized carbons (Fsp3) is 0.500. The van der Waals surface area contributed by atoms with Crippen molar-refractivity contribution in [1.82, 2.24) is 0 Å². The highest BCUT2D eigenvalue weighted by Crippen LogP contribution is 2.39. The lowest BCUT2D eigenvalue weighted by Gasteiger charge is -2.32. The lowest BCUT2D eigenvalue weighted by molar-refractivity contribution is 0.195. The standard InChI is InChI=1S/C12H16FNO3S/c1-2-8-6-17-12-5-9(13)3-4-10(12)11(8)7-18(14,15)16/h3-5,8,11H,2,6-7H2,1H3,(H2,14,15,16)/t8?,11-/m0/s1. The van der Waals surface area contributed by atoms with Crippen LogP contribution in [-0.4, -0.2) is 20.8 Å². The minimum atomic E-state index is -3.57. The Morgan fingerprint density at radius 2 is 2.22 bits per heavy atom. The number of hydrogen-bond acceptors (Lipinski definition) is 3. The summed E-state index contributed by atoms with van der Waals surface area (Å²) in [6.45, 7) is 2.37. The summed E-state index contributed by atoms with van der Waals surface area (Å²) in [6, 6.07) is 4.19. The minimum Gasteiger partial charge on any atom is -0.493 e. The van der Waals surface area contributed by atoms with E-state index in [1.807, 2.05) is 6.92 Å². The van der Waals surface area contributed by atoms with Crippen molar-refractivity contribution in [3.05, 3.63) is 29.6 Å². The molecule has 0 saturated heterocycles. The Hall–Kier alpha value is -1.14. The molecule has 2 atom stereocenters. The van der Waals surface area contributed by atoms with Crippen molar-refractivity contribution < 1.29 is 17.5 Å². The Labute approximate surface area is 106 Å². The van der Waals surface area contributed by atoms with Gasteiger partial charge in [-0.25, -0.2) is 17.9 Å². The molecule has 1 aliphatic rings. The summed E-state index contributed by atoms with van der Waals surface area (Å²) < 4.78 is 41.2. The third-order valence-corrected chi connectivity index (χ3v) is 4.16. The molecule has 0 spiro atoms. The zero-order valence-corrected chi connectivity index (χ0v) is 10.9. The number of benzene rings is 1. The second-order valence-corrected chi connectivity index (χ2v) is 6.26. The fourth-order valence-corrected chi connectivity index (χ4v) is 3.34. The maximum Gasteiger partial charge on any atom is 0.209 e. The molecule has 2 N–H and O–H groups in total. The van der Waals surface area contributed by atoms with Crippen LogP contribution in [0.1, 0.15) is 24.8 Å². The van der Waals surface area contributed by atoms with Gasteiger partial charge in [0.05, 0.1) is 12.4 Å². The summed E-state index contributed by atoms with van der Waals surface area (Å²) in [7, 11) is -3.57. The summed E-state index contributed by atoms with van der Waals surface area (Å²) in [5.74, 6) is -0.241. The van der Waals surface area contributed by atoms with Crippen LogP contribution in [0.3, 0.4) is 0 Å². The van der Waals surface area contributed by atoms with Gasteiger partial charge in [0, 0.05) is 17.9 Å². The van der Waals surface area contributed by atoms with Crippen LogP contribution in [-0.2, 0) is 10.0 Å². The van der Waals surface area contributed by atoms with Gasteiger partial charge in [-0.1, -0.05) is 13.0 Å². The first-order valence-electron chi connectivity index (χ1n) is 5.83. The molecule has 0 aliphatic carbocycles. The van der Waals surface area contributed by atoms with Gasteiger partial charge in [-0.15, -0.1) is 0 Å². The Balaban J connectivity index is 2.41. The van der Waals surface area contributed by atoms with Gasteiger partial charge in [-0.3, -0.25) is 0 Å². The lowest BCUT2D eigenvalue weighted by atomic mass is 9.84. The second kappa shape index (κ2) is 4.85. The molecule has 0 radical (unpaired) electrons. The molecule has 2 rings (SSSR count). The summed E-state index contributed by atoms with van der Waals surface area (Å²) in [4.78, 5) is 0. The number of hydrogen-bond donors (Lipinski definition) is 1. The van der Waals surface area contributed by atoms with E-state index in [1.54, 1.807) is 6.07 Å². The topological polar surface area (TPSA) is 69.4 Å². The van der Waals surface area contributed by atoms with Crippen LogP contribution < -0.4 is 9.88 Å². The Morgan fingerprint density at radius 3 is 2.83 bits per heavy atom. The first kappa shape index (κ1) is 13.3. The van der Waals surface area contributed by atoms with Crippen LogP contribution in [0.4, 0.5) is 4.39 Å². The van der Waals surface area contributed by atoms with E-state index in [9.17, 15) is 12.8 Å². The summed E-state index contributed by atoms with van der Waals surface area (Å²) in [6.07, 6.45) is 0.789. The van der Waals surface area contributed by atoms with E-state index in [0.29, 0.717) is 12.4 Å². The van der Waals surface area contributed by atoms with Crippen LogP contribution in [0.25, 0.3) is 0 Å². The zero-order valence-electron chi connectivity index (χ0n) is 10.1. The zero-order chi connectivity index (χ0) is 13.3. The average Bonchev–Trinajstić information content (AvgIpc) is 2.27. The fourth-order valence-electron chi connectivity index (χ4n) is 2.38. The minimum absolute atomic E-state index is 0.0845. The third-order valence-electron chi connectivity index (χ3n) is 3.33. The van der Waals surface area contributed by atoms with Gasteiger partial charge in [0.25, 0.3) is 0 Å². The molecular weight excluding hydrogens is 257 g/mol. The van der Waals surface area contributed by atoms with Gasteiger partial charge < -0.3 is 4.74 Å². The van der Waals surface area contributed by atoms with Gasteiger partial charge in [0.2, 0.25) is 10.0 Å². The van der Waals surface area contributed by atoms with Crippen molar-refractivity contribution in [2.45, 2.75) is 19.3 Å². The molecule has 0 fully saturated rings. The molecule has 1 heterocycles. The van der Waals surface area contributed by atoms with Crippen LogP contribution in [0.5, 0.6) is 5.75 Å². The highest BCUT2D eigenvalue weighted by Gasteiger charge is 2.32. The predicted molar refractivity (Wildman–Crippen MR) is 66.4 cm³/mol. The van der Waals surface area contributed by atoms with Crippen molar-refractivity contribution in [3.8, 4) is 5.75 Å². The summed E-state index contributed by atoms with van der Waals surface area (Å²) in [5.41, 5.74) is 0.725. The second-order valence-electron chi connectivity index (χ2n) is 4.60. The maximum atomic E-state index is 13.1. The van der Waals surface area contributed by atoms with Gasteiger partial charge >= 0.3 is 0 Å². The molecular formula is C12H16FNO3S. The smallest absolute Gasteiger partial charge is 0.209 e. The molecule has 0 bridgehead atoms. The Bertz CT molecular complexity index is 544. The van der Waals surface area contributed by atoms with Gasteiger partial charge in [-0.2, -0.15) is 0 Å². The van der Waals surface area contributed by atoms with Crippen LogP contribution >= 0.6 is 0 Å². The number of primary sulfonamides is 1. The van der Waals surface area contributed by atoms with Crippen molar-refractivity contribution in [2.75, 3.05) is 12.4 Å². The number of ether oxygens (including phenoxy) is 1.